The lowest BCUT2D eigenvalue weighted by atomic mass is 10.2. The van der Waals surface area contributed by atoms with E-state index in [9.17, 15) is 4.79 Å². The highest BCUT2D eigenvalue weighted by molar-refractivity contribution is 5.91. The summed E-state index contributed by atoms with van der Waals surface area (Å²) in [6, 6.07) is 7.39. The molecule has 0 spiro atoms. The fraction of sp³-hybridized carbons (Fsp3) is 0.350. The Morgan fingerprint density at radius 3 is 2.45 bits per heavy atom. The Labute approximate surface area is 169 Å². The fourth-order valence-electron chi connectivity index (χ4n) is 3.12. The molecule has 0 aromatic carbocycles. The largest absolute Gasteiger partial charge is 0.481 e. The van der Waals surface area contributed by atoms with Gasteiger partial charge in [-0.15, -0.1) is 5.10 Å². The van der Waals surface area contributed by atoms with Gasteiger partial charge in [0.1, 0.15) is 5.69 Å². The molecule has 1 aliphatic heterocycles. The van der Waals surface area contributed by atoms with Gasteiger partial charge in [-0.3, -0.25) is 9.78 Å². The number of aromatic nitrogens is 5. The number of rotatable bonds is 4. The van der Waals surface area contributed by atoms with Crippen molar-refractivity contribution in [2.24, 2.45) is 0 Å². The minimum Gasteiger partial charge on any atom is -0.481 e. The molecule has 9 nitrogen and oxygen atoms in total. The van der Waals surface area contributed by atoms with Crippen LogP contribution in [0.1, 0.15) is 16.2 Å². The molecule has 29 heavy (non-hydrogen) atoms. The number of piperazine rings is 1. The molecule has 0 unspecified atom stereocenters. The number of hydrogen-bond acceptors (Lipinski definition) is 7. The first kappa shape index (κ1) is 19.0. The topological polar surface area (TPSA) is 89.3 Å². The molecule has 1 aliphatic rings. The molecular weight excluding hydrogens is 370 g/mol. The van der Waals surface area contributed by atoms with Crippen molar-refractivity contribution < 1.29 is 9.53 Å². The van der Waals surface area contributed by atoms with Gasteiger partial charge in [-0.1, -0.05) is 6.07 Å². The highest BCUT2D eigenvalue weighted by atomic mass is 16.5. The summed E-state index contributed by atoms with van der Waals surface area (Å²) in [5.74, 6) is 0.974. The lowest BCUT2D eigenvalue weighted by Crippen LogP contribution is -2.47. The molecule has 0 N–H and O–H groups in total. The first-order valence-corrected chi connectivity index (χ1v) is 9.43. The maximum absolute atomic E-state index is 13.0. The number of aryl methyl sites for hydroxylation is 1. The molecule has 3 aromatic rings. The molecule has 0 atom stereocenters. The molecule has 1 saturated heterocycles. The van der Waals surface area contributed by atoms with Gasteiger partial charge in [0, 0.05) is 38.4 Å². The smallest absolute Gasteiger partial charge is 0.293 e. The average Bonchev–Trinajstić information content (AvgIpc) is 3.20. The number of amides is 1. The highest BCUT2D eigenvalue weighted by Gasteiger charge is 2.26. The standard InChI is InChI=1S/C20H23N7O2/c1-14-4-6-16(21-12-14)19-23-18(20(28)26-10-8-25(2)9-11-26)24-27(19)15-5-7-17(29-3)22-13-15/h4-7,12-13H,8-11H2,1-3H3. The molecule has 0 bridgehead atoms. The monoisotopic (exact) mass is 393 g/mol. The van der Waals surface area contributed by atoms with E-state index in [4.69, 9.17) is 4.74 Å². The van der Waals surface area contributed by atoms with Gasteiger partial charge < -0.3 is 14.5 Å². The molecule has 9 heteroatoms. The lowest BCUT2D eigenvalue weighted by Gasteiger charge is -2.31. The highest BCUT2D eigenvalue weighted by Crippen LogP contribution is 2.21. The molecule has 0 saturated carbocycles. The van der Waals surface area contributed by atoms with Crippen LogP contribution in [0, 0.1) is 6.92 Å². The predicted octanol–water partition coefficient (Wildman–Crippen LogP) is 1.43. The van der Waals surface area contributed by atoms with Crippen LogP contribution in [0.15, 0.2) is 36.7 Å². The third kappa shape index (κ3) is 3.95. The predicted molar refractivity (Wildman–Crippen MR) is 107 cm³/mol. The van der Waals surface area contributed by atoms with Crippen LogP contribution in [0.2, 0.25) is 0 Å². The van der Waals surface area contributed by atoms with Gasteiger partial charge in [-0.2, -0.15) is 0 Å². The van der Waals surface area contributed by atoms with Gasteiger partial charge in [-0.05, 0) is 31.7 Å². The maximum Gasteiger partial charge on any atom is 0.293 e. The van der Waals surface area contributed by atoms with Crippen LogP contribution in [0.5, 0.6) is 5.88 Å². The van der Waals surface area contributed by atoms with Crippen LogP contribution >= 0.6 is 0 Å². The van der Waals surface area contributed by atoms with E-state index < -0.39 is 0 Å². The number of carbonyl (C=O) groups excluding carboxylic acids is 1. The molecule has 4 heterocycles. The molecule has 3 aromatic heterocycles. The van der Waals surface area contributed by atoms with E-state index in [1.54, 1.807) is 35.2 Å². The van der Waals surface area contributed by atoms with E-state index in [1.807, 2.05) is 32.2 Å². The first-order chi connectivity index (χ1) is 14.0. The van der Waals surface area contributed by atoms with Crippen LogP contribution in [0.4, 0.5) is 0 Å². The minimum absolute atomic E-state index is 0.155. The van der Waals surface area contributed by atoms with Crippen LogP contribution in [0.25, 0.3) is 17.2 Å². The Balaban J connectivity index is 1.73. The molecule has 1 amide bonds. The molecular formula is C20H23N7O2. The van der Waals surface area contributed by atoms with E-state index in [-0.39, 0.29) is 11.7 Å². The van der Waals surface area contributed by atoms with Crippen LogP contribution in [0.3, 0.4) is 0 Å². The van der Waals surface area contributed by atoms with E-state index in [1.165, 1.54) is 0 Å². The second-order valence-electron chi connectivity index (χ2n) is 7.05. The van der Waals surface area contributed by atoms with Crippen LogP contribution in [-0.4, -0.2) is 80.8 Å². The van der Waals surface area contributed by atoms with Gasteiger partial charge in [-0.25, -0.2) is 14.6 Å². The Hall–Kier alpha value is -3.33. The summed E-state index contributed by atoms with van der Waals surface area (Å²) in [5, 5.41) is 4.51. The third-order valence-electron chi connectivity index (χ3n) is 4.90. The van der Waals surface area contributed by atoms with Crippen molar-refractivity contribution in [2.75, 3.05) is 40.3 Å². The van der Waals surface area contributed by atoms with E-state index in [2.05, 4.69) is 25.0 Å². The summed E-state index contributed by atoms with van der Waals surface area (Å²) in [7, 11) is 3.61. The number of pyridine rings is 2. The summed E-state index contributed by atoms with van der Waals surface area (Å²) in [6.45, 7) is 4.96. The number of carbonyl (C=O) groups is 1. The summed E-state index contributed by atoms with van der Waals surface area (Å²) < 4.78 is 6.74. The zero-order valence-corrected chi connectivity index (χ0v) is 16.7. The molecule has 0 aliphatic carbocycles. The minimum atomic E-state index is -0.174. The number of hydrogen-bond donors (Lipinski definition) is 0. The first-order valence-electron chi connectivity index (χ1n) is 9.43. The lowest BCUT2D eigenvalue weighted by molar-refractivity contribution is 0.0652. The Morgan fingerprint density at radius 2 is 1.83 bits per heavy atom. The average molecular weight is 393 g/mol. The fourth-order valence-corrected chi connectivity index (χ4v) is 3.12. The van der Waals surface area contributed by atoms with Crippen molar-refractivity contribution >= 4 is 5.91 Å². The Morgan fingerprint density at radius 1 is 1.03 bits per heavy atom. The summed E-state index contributed by atoms with van der Waals surface area (Å²) in [5.41, 5.74) is 2.35. The van der Waals surface area contributed by atoms with Gasteiger partial charge in [0.2, 0.25) is 11.7 Å². The molecule has 4 rings (SSSR count). The van der Waals surface area contributed by atoms with E-state index in [0.717, 1.165) is 18.7 Å². The van der Waals surface area contributed by atoms with Gasteiger partial charge >= 0.3 is 0 Å². The summed E-state index contributed by atoms with van der Waals surface area (Å²) in [6.07, 6.45) is 3.40. The van der Waals surface area contributed by atoms with Crippen molar-refractivity contribution in [3.8, 4) is 23.1 Å². The zero-order chi connectivity index (χ0) is 20.4. The summed E-state index contributed by atoms with van der Waals surface area (Å²) in [4.78, 5) is 30.2. The quantitative estimate of drug-likeness (QED) is 0.662. The third-order valence-corrected chi connectivity index (χ3v) is 4.90. The van der Waals surface area contributed by atoms with Crippen LogP contribution in [-0.2, 0) is 0 Å². The number of ether oxygens (including phenoxy) is 1. The number of methoxy groups -OCH3 is 1. The van der Waals surface area contributed by atoms with Crippen molar-refractivity contribution in [2.45, 2.75) is 6.92 Å². The van der Waals surface area contributed by atoms with Gasteiger partial charge in [0.25, 0.3) is 5.91 Å². The van der Waals surface area contributed by atoms with Gasteiger partial charge in [0.05, 0.1) is 19.0 Å². The second-order valence-corrected chi connectivity index (χ2v) is 7.05. The van der Waals surface area contributed by atoms with E-state index in [0.29, 0.717) is 36.2 Å². The number of likely N-dealkylation sites (N-methyl/N-ethyl adjacent to an activating group) is 1. The van der Waals surface area contributed by atoms with E-state index >= 15 is 0 Å². The Kier molecular flexibility index (Phi) is 5.22. The van der Waals surface area contributed by atoms with Crippen molar-refractivity contribution in [3.05, 3.63) is 48.0 Å². The van der Waals surface area contributed by atoms with Crippen molar-refractivity contribution in [1.82, 2.24) is 34.5 Å². The molecule has 0 radical (unpaired) electrons. The Bertz CT molecular complexity index is 991. The van der Waals surface area contributed by atoms with Crippen LogP contribution < -0.4 is 4.74 Å². The zero-order valence-electron chi connectivity index (χ0n) is 16.7. The summed E-state index contributed by atoms with van der Waals surface area (Å²) >= 11 is 0. The maximum atomic E-state index is 13.0. The molecule has 150 valence electrons. The molecule has 1 fully saturated rings. The van der Waals surface area contributed by atoms with Crippen molar-refractivity contribution in [3.63, 3.8) is 0 Å². The number of nitrogens with zero attached hydrogens (tertiary/aromatic N) is 7. The van der Waals surface area contributed by atoms with Gasteiger partial charge in [0.15, 0.2) is 5.82 Å². The normalized spacial score (nSPS) is 14.8. The second kappa shape index (κ2) is 7.96. The SMILES string of the molecule is COc1ccc(-n2nc(C(=O)N3CCN(C)CC3)nc2-c2ccc(C)cn2)cn1. The van der Waals surface area contributed by atoms with Crippen molar-refractivity contribution in [1.29, 1.82) is 0 Å².